The molecule has 1 aliphatic heterocycles. The molecule has 1 aliphatic carbocycles. The number of fused-ring (bicyclic) bond motifs is 1. The van der Waals surface area contributed by atoms with E-state index < -0.39 is 0 Å². The van der Waals surface area contributed by atoms with Crippen molar-refractivity contribution >= 4 is 10.9 Å². The Morgan fingerprint density at radius 2 is 1.86 bits per heavy atom. The second-order valence-corrected chi connectivity index (χ2v) is 6.71. The van der Waals surface area contributed by atoms with Crippen LogP contribution in [0.1, 0.15) is 31.2 Å². The SMILES string of the molecule is c1ccc2c(CN(CC3CCNCC3)C3CC3)c[nH]c2c1. The molecule has 3 nitrogen and oxygen atoms in total. The predicted octanol–water partition coefficient (Wildman–Crippen LogP) is 3.13. The van der Waals surface area contributed by atoms with Crippen molar-refractivity contribution in [3.8, 4) is 0 Å². The molecule has 0 unspecified atom stereocenters. The molecular weight excluding hydrogens is 258 g/mol. The molecule has 2 fully saturated rings. The van der Waals surface area contributed by atoms with Crippen molar-refractivity contribution < 1.29 is 0 Å². The first kappa shape index (κ1) is 13.4. The molecule has 112 valence electrons. The van der Waals surface area contributed by atoms with Crippen molar-refractivity contribution in [2.45, 2.75) is 38.3 Å². The van der Waals surface area contributed by atoms with Crippen LogP contribution in [0.15, 0.2) is 30.5 Å². The molecule has 2 aliphatic rings. The lowest BCUT2D eigenvalue weighted by Gasteiger charge is -2.30. The van der Waals surface area contributed by atoms with Crippen molar-refractivity contribution in [1.29, 1.82) is 0 Å². The summed E-state index contributed by atoms with van der Waals surface area (Å²) >= 11 is 0. The van der Waals surface area contributed by atoms with E-state index in [1.54, 1.807) is 0 Å². The van der Waals surface area contributed by atoms with Gasteiger partial charge in [0.15, 0.2) is 0 Å². The zero-order valence-electron chi connectivity index (χ0n) is 12.6. The van der Waals surface area contributed by atoms with E-state index in [9.17, 15) is 0 Å². The zero-order chi connectivity index (χ0) is 14.1. The van der Waals surface area contributed by atoms with Gasteiger partial charge in [0.2, 0.25) is 0 Å². The standard InChI is InChI=1S/C18H25N3/c1-2-4-18-17(3-1)15(11-20-18)13-21(16-5-6-16)12-14-7-9-19-10-8-14/h1-4,11,14,16,19-20H,5-10,12-13H2. The Balaban J connectivity index is 1.49. The molecule has 2 aromatic rings. The molecule has 2 N–H and O–H groups in total. The molecule has 1 saturated heterocycles. The molecule has 3 heteroatoms. The largest absolute Gasteiger partial charge is 0.361 e. The molecule has 0 spiro atoms. The van der Waals surface area contributed by atoms with E-state index in [0.717, 1.165) is 18.5 Å². The zero-order valence-corrected chi connectivity index (χ0v) is 12.6. The second kappa shape index (κ2) is 5.82. The van der Waals surface area contributed by atoms with Gasteiger partial charge < -0.3 is 10.3 Å². The highest BCUT2D eigenvalue weighted by Crippen LogP contribution is 2.31. The van der Waals surface area contributed by atoms with Gasteiger partial charge in [-0.05, 0) is 56.3 Å². The van der Waals surface area contributed by atoms with Crippen molar-refractivity contribution in [2.75, 3.05) is 19.6 Å². The fraction of sp³-hybridized carbons (Fsp3) is 0.556. The summed E-state index contributed by atoms with van der Waals surface area (Å²) in [6, 6.07) is 9.52. The molecule has 0 radical (unpaired) electrons. The van der Waals surface area contributed by atoms with E-state index in [0.29, 0.717) is 0 Å². The lowest BCUT2D eigenvalue weighted by atomic mass is 9.97. The minimum Gasteiger partial charge on any atom is -0.361 e. The smallest absolute Gasteiger partial charge is 0.0457 e. The Morgan fingerprint density at radius 1 is 1.05 bits per heavy atom. The quantitative estimate of drug-likeness (QED) is 0.883. The highest BCUT2D eigenvalue weighted by atomic mass is 15.2. The second-order valence-electron chi connectivity index (χ2n) is 6.71. The Kier molecular flexibility index (Phi) is 3.70. The van der Waals surface area contributed by atoms with Crippen LogP contribution >= 0.6 is 0 Å². The number of para-hydroxylation sites is 1. The third-order valence-electron chi connectivity index (χ3n) is 5.06. The van der Waals surface area contributed by atoms with Gasteiger partial charge in [-0.3, -0.25) is 4.90 Å². The van der Waals surface area contributed by atoms with Gasteiger partial charge in [0, 0.05) is 36.2 Å². The highest BCUT2D eigenvalue weighted by Gasteiger charge is 2.31. The van der Waals surface area contributed by atoms with Crippen molar-refractivity contribution in [3.05, 3.63) is 36.0 Å². The molecule has 21 heavy (non-hydrogen) atoms. The molecule has 0 amide bonds. The summed E-state index contributed by atoms with van der Waals surface area (Å²) in [5.41, 5.74) is 2.73. The Labute approximate surface area is 126 Å². The summed E-state index contributed by atoms with van der Waals surface area (Å²) in [6.07, 6.45) is 7.69. The summed E-state index contributed by atoms with van der Waals surface area (Å²) in [6.45, 7) is 4.80. The van der Waals surface area contributed by atoms with E-state index in [4.69, 9.17) is 0 Å². The molecule has 2 heterocycles. The van der Waals surface area contributed by atoms with Crippen LogP contribution in [0.3, 0.4) is 0 Å². The minimum absolute atomic E-state index is 0.841. The number of piperidine rings is 1. The molecule has 1 saturated carbocycles. The number of aromatic nitrogens is 1. The van der Waals surface area contributed by atoms with Crippen LogP contribution in [0.2, 0.25) is 0 Å². The maximum absolute atomic E-state index is 3.48. The van der Waals surface area contributed by atoms with Crippen LogP contribution in [0.5, 0.6) is 0 Å². The Bertz CT molecular complexity index is 593. The Hall–Kier alpha value is -1.32. The number of hydrogen-bond donors (Lipinski definition) is 2. The van der Waals surface area contributed by atoms with Crippen molar-refractivity contribution in [1.82, 2.24) is 15.2 Å². The fourth-order valence-corrected chi connectivity index (χ4v) is 3.66. The van der Waals surface area contributed by atoms with Gasteiger partial charge in [-0.15, -0.1) is 0 Å². The van der Waals surface area contributed by atoms with Gasteiger partial charge in [-0.25, -0.2) is 0 Å². The fourth-order valence-electron chi connectivity index (χ4n) is 3.66. The summed E-state index contributed by atoms with van der Waals surface area (Å²) < 4.78 is 0. The maximum atomic E-state index is 3.48. The number of nitrogens with zero attached hydrogens (tertiary/aromatic N) is 1. The molecule has 0 atom stereocenters. The van der Waals surface area contributed by atoms with E-state index in [1.807, 2.05) is 0 Å². The number of nitrogens with one attached hydrogen (secondary N) is 2. The first-order valence-corrected chi connectivity index (χ1v) is 8.40. The van der Waals surface area contributed by atoms with Crippen LogP contribution in [0.4, 0.5) is 0 Å². The van der Waals surface area contributed by atoms with Crippen molar-refractivity contribution in [3.63, 3.8) is 0 Å². The topological polar surface area (TPSA) is 31.1 Å². The maximum Gasteiger partial charge on any atom is 0.0457 e. The van der Waals surface area contributed by atoms with Gasteiger partial charge in [0.05, 0.1) is 0 Å². The van der Waals surface area contributed by atoms with Crippen molar-refractivity contribution in [2.24, 2.45) is 5.92 Å². The number of hydrogen-bond acceptors (Lipinski definition) is 2. The lowest BCUT2D eigenvalue weighted by molar-refractivity contribution is 0.191. The van der Waals surface area contributed by atoms with Gasteiger partial charge in [-0.1, -0.05) is 18.2 Å². The van der Waals surface area contributed by atoms with E-state index in [2.05, 4.69) is 45.7 Å². The third kappa shape index (κ3) is 2.99. The molecular formula is C18H25N3. The third-order valence-corrected chi connectivity index (χ3v) is 5.06. The number of benzene rings is 1. The molecule has 0 bridgehead atoms. The number of H-pyrrole nitrogens is 1. The van der Waals surface area contributed by atoms with Gasteiger partial charge >= 0.3 is 0 Å². The average Bonchev–Trinajstić information content (AvgIpc) is 3.30. The van der Waals surface area contributed by atoms with Crippen LogP contribution in [-0.4, -0.2) is 35.6 Å². The first-order chi connectivity index (χ1) is 10.4. The summed E-state index contributed by atoms with van der Waals surface area (Å²) in [5, 5.41) is 4.88. The number of aromatic amines is 1. The van der Waals surface area contributed by atoms with Crippen LogP contribution in [-0.2, 0) is 6.54 Å². The van der Waals surface area contributed by atoms with E-state index in [1.165, 1.54) is 61.8 Å². The van der Waals surface area contributed by atoms with Gasteiger partial charge in [0.1, 0.15) is 0 Å². The van der Waals surface area contributed by atoms with Crippen LogP contribution < -0.4 is 5.32 Å². The van der Waals surface area contributed by atoms with Gasteiger partial charge in [0.25, 0.3) is 0 Å². The highest BCUT2D eigenvalue weighted by molar-refractivity contribution is 5.82. The normalized spacial score (nSPS) is 20.4. The first-order valence-electron chi connectivity index (χ1n) is 8.40. The summed E-state index contributed by atoms with van der Waals surface area (Å²) in [7, 11) is 0. The molecule has 1 aromatic heterocycles. The van der Waals surface area contributed by atoms with E-state index in [-0.39, 0.29) is 0 Å². The van der Waals surface area contributed by atoms with E-state index >= 15 is 0 Å². The average molecular weight is 283 g/mol. The Morgan fingerprint density at radius 3 is 2.67 bits per heavy atom. The van der Waals surface area contributed by atoms with Crippen LogP contribution in [0, 0.1) is 5.92 Å². The predicted molar refractivity (Wildman–Crippen MR) is 87.3 cm³/mol. The van der Waals surface area contributed by atoms with Gasteiger partial charge in [-0.2, -0.15) is 0 Å². The monoisotopic (exact) mass is 283 g/mol. The minimum atomic E-state index is 0.841. The van der Waals surface area contributed by atoms with Crippen LogP contribution in [0.25, 0.3) is 10.9 Å². The number of rotatable bonds is 5. The lowest BCUT2D eigenvalue weighted by Crippen LogP contribution is -2.37. The molecule has 1 aromatic carbocycles. The summed E-state index contributed by atoms with van der Waals surface area (Å²) in [5.74, 6) is 0.886. The summed E-state index contributed by atoms with van der Waals surface area (Å²) in [4.78, 5) is 6.16. The molecule has 4 rings (SSSR count).